The molecule has 2 heterocycles. The van der Waals surface area contributed by atoms with Gasteiger partial charge < -0.3 is 10.2 Å². The maximum atomic E-state index is 14.4. The van der Waals surface area contributed by atoms with E-state index in [1.807, 2.05) is 36.6 Å². The number of thiazole rings is 1. The molecule has 29 heavy (non-hydrogen) atoms. The Morgan fingerprint density at radius 2 is 2.03 bits per heavy atom. The Morgan fingerprint density at radius 1 is 1.24 bits per heavy atom. The quantitative estimate of drug-likeness (QED) is 0.672. The number of nitrogens with one attached hydrogen (secondary N) is 1. The molecule has 0 unspecified atom stereocenters. The zero-order valence-corrected chi connectivity index (χ0v) is 16.8. The second kappa shape index (κ2) is 8.13. The molecule has 7 heteroatoms. The van der Waals surface area contributed by atoms with Crippen molar-refractivity contribution in [1.82, 2.24) is 4.98 Å². The van der Waals surface area contributed by atoms with E-state index >= 15 is 0 Å². The third kappa shape index (κ3) is 4.35. The van der Waals surface area contributed by atoms with Gasteiger partial charge >= 0.3 is 0 Å². The highest BCUT2D eigenvalue weighted by Gasteiger charge is 2.24. The third-order valence-corrected chi connectivity index (χ3v) is 5.60. The minimum atomic E-state index is -0.513. The number of aromatic nitrogens is 1. The van der Waals surface area contributed by atoms with Gasteiger partial charge in [0.2, 0.25) is 11.8 Å². The summed E-state index contributed by atoms with van der Waals surface area (Å²) in [6.07, 6.45) is 1.36. The summed E-state index contributed by atoms with van der Waals surface area (Å²) in [5, 5.41) is 5.73. The van der Waals surface area contributed by atoms with Crippen molar-refractivity contribution in [2.45, 2.75) is 26.2 Å². The Hall–Kier alpha value is -3.06. The standard InChI is InChI=1S/C22H20FN3O2S/c1-14-24-19(13-29-14)16-6-4-15(5-7-16)11-21(27)25-17-8-9-20(18(23)12-17)26-10-2-3-22(26)28/h4-9,12-13H,2-3,10-11H2,1H3,(H,25,27). The van der Waals surface area contributed by atoms with Crippen LogP contribution in [0, 0.1) is 12.7 Å². The Kier molecular flexibility index (Phi) is 5.40. The molecular formula is C22H20FN3O2S. The molecule has 0 radical (unpaired) electrons. The van der Waals surface area contributed by atoms with Gasteiger partial charge in [-0.1, -0.05) is 24.3 Å². The average molecular weight is 409 g/mol. The number of carbonyl (C=O) groups excluding carboxylic acids is 2. The van der Waals surface area contributed by atoms with Gasteiger partial charge in [0.15, 0.2) is 0 Å². The van der Waals surface area contributed by atoms with Gasteiger partial charge in [0, 0.05) is 29.6 Å². The second-order valence-electron chi connectivity index (χ2n) is 6.99. The molecule has 0 aliphatic carbocycles. The van der Waals surface area contributed by atoms with Crippen molar-refractivity contribution in [1.29, 1.82) is 0 Å². The van der Waals surface area contributed by atoms with Gasteiger partial charge in [0.1, 0.15) is 5.82 Å². The highest BCUT2D eigenvalue weighted by atomic mass is 32.1. The molecule has 2 aromatic carbocycles. The van der Waals surface area contributed by atoms with Crippen LogP contribution in [0.1, 0.15) is 23.4 Å². The Balaban J connectivity index is 1.39. The molecule has 0 saturated carbocycles. The lowest BCUT2D eigenvalue weighted by molar-refractivity contribution is -0.117. The lowest BCUT2D eigenvalue weighted by Gasteiger charge is -2.17. The topological polar surface area (TPSA) is 62.3 Å². The fourth-order valence-corrected chi connectivity index (χ4v) is 4.01. The largest absolute Gasteiger partial charge is 0.326 e. The predicted molar refractivity (Wildman–Crippen MR) is 113 cm³/mol. The van der Waals surface area contributed by atoms with E-state index in [0.717, 1.165) is 28.2 Å². The molecular weight excluding hydrogens is 389 g/mol. The van der Waals surface area contributed by atoms with Crippen LogP contribution >= 0.6 is 11.3 Å². The summed E-state index contributed by atoms with van der Waals surface area (Å²) < 4.78 is 14.4. The van der Waals surface area contributed by atoms with Gasteiger partial charge in [0.25, 0.3) is 0 Å². The predicted octanol–water partition coefficient (Wildman–Crippen LogP) is 4.57. The summed E-state index contributed by atoms with van der Waals surface area (Å²) in [7, 11) is 0. The van der Waals surface area contributed by atoms with Gasteiger partial charge in [0.05, 0.1) is 22.8 Å². The van der Waals surface area contributed by atoms with Crippen molar-refractivity contribution < 1.29 is 14.0 Å². The van der Waals surface area contributed by atoms with Crippen molar-refractivity contribution >= 4 is 34.5 Å². The molecule has 0 spiro atoms. The highest BCUT2D eigenvalue weighted by Crippen LogP contribution is 2.27. The molecule has 1 N–H and O–H groups in total. The molecule has 1 aliphatic heterocycles. The molecule has 1 fully saturated rings. The van der Waals surface area contributed by atoms with Crippen LogP contribution in [0.4, 0.5) is 15.8 Å². The van der Waals surface area contributed by atoms with Crippen LogP contribution in [0.3, 0.4) is 0 Å². The molecule has 0 bridgehead atoms. The summed E-state index contributed by atoms with van der Waals surface area (Å²) in [5.74, 6) is -0.815. The lowest BCUT2D eigenvalue weighted by atomic mass is 10.1. The number of carbonyl (C=O) groups is 2. The number of aryl methyl sites for hydroxylation is 1. The summed E-state index contributed by atoms with van der Waals surface area (Å²) in [6, 6.07) is 12.1. The summed E-state index contributed by atoms with van der Waals surface area (Å²) in [5.41, 5.74) is 3.43. The van der Waals surface area contributed by atoms with Crippen LogP contribution in [0.15, 0.2) is 47.8 Å². The van der Waals surface area contributed by atoms with Gasteiger partial charge in [-0.3, -0.25) is 9.59 Å². The number of halogens is 1. The second-order valence-corrected chi connectivity index (χ2v) is 8.05. The fraction of sp³-hybridized carbons (Fsp3) is 0.227. The molecule has 148 valence electrons. The Labute approximate surface area is 172 Å². The minimum absolute atomic E-state index is 0.0723. The van der Waals surface area contributed by atoms with Crippen molar-refractivity contribution in [2.24, 2.45) is 0 Å². The minimum Gasteiger partial charge on any atom is -0.326 e. The van der Waals surface area contributed by atoms with Crippen molar-refractivity contribution in [2.75, 3.05) is 16.8 Å². The first-order valence-electron chi connectivity index (χ1n) is 9.41. The van der Waals surface area contributed by atoms with Crippen LogP contribution < -0.4 is 10.2 Å². The van der Waals surface area contributed by atoms with Gasteiger partial charge in [-0.15, -0.1) is 11.3 Å². The van der Waals surface area contributed by atoms with E-state index < -0.39 is 5.82 Å². The van der Waals surface area contributed by atoms with Crippen LogP contribution in [0.2, 0.25) is 0 Å². The van der Waals surface area contributed by atoms with E-state index in [4.69, 9.17) is 0 Å². The first-order valence-corrected chi connectivity index (χ1v) is 10.3. The van der Waals surface area contributed by atoms with Gasteiger partial charge in [-0.25, -0.2) is 9.37 Å². The molecule has 1 aromatic heterocycles. The smallest absolute Gasteiger partial charge is 0.228 e. The monoisotopic (exact) mass is 409 g/mol. The number of nitrogens with zero attached hydrogens (tertiary/aromatic N) is 2. The van der Waals surface area contributed by atoms with Gasteiger partial charge in [-0.2, -0.15) is 0 Å². The first kappa shape index (κ1) is 19.3. The van der Waals surface area contributed by atoms with Crippen molar-refractivity contribution in [3.8, 4) is 11.3 Å². The van der Waals surface area contributed by atoms with E-state index in [0.29, 0.717) is 18.7 Å². The van der Waals surface area contributed by atoms with Gasteiger partial charge in [-0.05, 0) is 37.1 Å². The zero-order valence-electron chi connectivity index (χ0n) is 15.9. The molecule has 1 aliphatic rings. The number of hydrogen-bond donors (Lipinski definition) is 1. The van der Waals surface area contributed by atoms with E-state index in [-0.39, 0.29) is 23.9 Å². The third-order valence-electron chi connectivity index (χ3n) is 4.83. The normalized spacial score (nSPS) is 13.7. The maximum Gasteiger partial charge on any atom is 0.228 e. The fourth-order valence-electron chi connectivity index (χ4n) is 3.39. The zero-order chi connectivity index (χ0) is 20.4. The number of amides is 2. The lowest BCUT2D eigenvalue weighted by Crippen LogP contribution is -2.24. The first-order chi connectivity index (χ1) is 14.0. The summed E-state index contributed by atoms with van der Waals surface area (Å²) >= 11 is 1.60. The number of anilines is 2. The van der Waals surface area contributed by atoms with Crippen LogP contribution in [0.25, 0.3) is 11.3 Å². The van der Waals surface area contributed by atoms with Crippen LogP contribution in [0.5, 0.6) is 0 Å². The summed E-state index contributed by atoms with van der Waals surface area (Å²) in [6.45, 7) is 2.49. The van der Waals surface area contributed by atoms with Crippen LogP contribution in [-0.4, -0.2) is 23.3 Å². The molecule has 2 amide bonds. The van der Waals surface area contributed by atoms with Crippen molar-refractivity contribution in [3.05, 3.63) is 64.2 Å². The maximum absolute atomic E-state index is 14.4. The Morgan fingerprint density at radius 3 is 2.66 bits per heavy atom. The van der Waals surface area contributed by atoms with E-state index in [1.54, 1.807) is 23.5 Å². The van der Waals surface area contributed by atoms with E-state index in [1.165, 1.54) is 11.0 Å². The van der Waals surface area contributed by atoms with Crippen molar-refractivity contribution in [3.63, 3.8) is 0 Å². The number of hydrogen-bond acceptors (Lipinski definition) is 4. The highest BCUT2D eigenvalue weighted by molar-refractivity contribution is 7.09. The van der Waals surface area contributed by atoms with E-state index in [2.05, 4.69) is 10.3 Å². The molecule has 5 nitrogen and oxygen atoms in total. The van der Waals surface area contributed by atoms with Crippen LogP contribution in [-0.2, 0) is 16.0 Å². The number of rotatable bonds is 5. The SMILES string of the molecule is Cc1nc(-c2ccc(CC(=O)Nc3ccc(N4CCCC4=O)c(F)c3)cc2)cs1. The summed E-state index contributed by atoms with van der Waals surface area (Å²) in [4.78, 5) is 30.0. The molecule has 4 rings (SSSR count). The molecule has 1 saturated heterocycles. The number of benzene rings is 2. The average Bonchev–Trinajstić information content (AvgIpc) is 3.31. The van der Waals surface area contributed by atoms with E-state index in [9.17, 15) is 14.0 Å². The molecule has 3 aromatic rings. The molecule has 0 atom stereocenters. The Bertz CT molecular complexity index is 1060.